The minimum absolute atomic E-state index is 0.0000545. The number of nitrogens with zero attached hydrogens (tertiary/aromatic N) is 2. The van der Waals surface area contributed by atoms with Gasteiger partial charge in [0.25, 0.3) is 5.91 Å². The number of carbonyl (C=O) groups is 1. The molecule has 6 nitrogen and oxygen atoms in total. The fraction of sp³-hybridized carbons (Fsp3) is 0.435. The van der Waals surface area contributed by atoms with Gasteiger partial charge in [-0.05, 0) is 69.9 Å². The zero-order valence-electron chi connectivity index (χ0n) is 18.0. The number of nitriles is 1. The summed E-state index contributed by atoms with van der Waals surface area (Å²) in [6.45, 7) is 3.98. The van der Waals surface area contributed by atoms with Crippen LogP contribution in [0.3, 0.4) is 0 Å². The Morgan fingerprint density at radius 3 is 2.44 bits per heavy atom. The standard InChI is InChI=1S/C23H26F3N5O/c1-14(2)29-21-11-15(9-10-28-21)22(32)31-18-7-5-17(6-8-18)30-19-4-3-16(13-27)20(12-19)23(24,25)26/h3-4,9-12,14,17-18,30H,5-8H2,1-2H3,(H,28,29)(H,31,32). The van der Waals surface area contributed by atoms with Crippen LogP contribution < -0.4 is 16.0 Å². The van der Waals surface area contributed by atoms with E-state index in [1.165, 1.54) is 12.1 Å². The van der Waals surface area contributed by atoms with Gasteiger partial charge in [0.2, 0.25) is 0 Å². The average Bonchev–Trinajstić information content (AvgIpc) is 2.74. The second-order valence-corrected chi connectivity index (χ2v) is 8.27. The maximum Gasteiger partial charge on any atom is 0.417 e. The molecule has 32 heavy (non-hydrogen) atoms. The summed E-state index contributed by atoms with van der Waals surface area (Å²) in [5.74, 6) is 0.471. The van der Waals surface area contributed by atoms with E-state index in [-0.39, 0.29) is 24.0 Å². The van der Waals surface area contributed by atoms with Gasteiger partial charge < -0.3 is 16.0 Å². The Hall–Kier alpha value is -3.28. The molecule has 1 fully saturated rings. The van der Waals surface area contributed by atoms with E-state index in [0.717, 1.165) is 6.07 Å². The minimum Gasteiger partial charge on any atom is -0.382 e. The zero-order valence-corrected chi connectivity index (χ0v) is 18.0. The van der Waals surface area contributed by atoms with E-state index in [0.29, 0.717) is 42.8 Å². The van der Waals surface area contributed by atoms with Crippen LogP contribution in [0.4, 0.5) is 24.7 Å². The summed E-state index contributed by atoms with van der Waals surface area (Å²) in [5, 5.41) is 18.3. The molecule has 0 atom stereocenters. The average molecular weight is 445 g/mol. The van der Waals surface area contributed by atoms with Crippen LogP contribution in [-0.4, -0.2) is 29.0 Å². The van der Waals surface area contributed by atoms with Gasteiger partial charge in [0, 0.05) is 35.6 Å². The smallest absolute Gasteiger partial charge is 0.382 e. The maximum absolute atomic E-state index is 13.2. The molecule has 1 aromatic carbocycles. The van der Waals surface area contributed by atoms with Gasteiger partial charge in [-0.1, -0.05) is 0 Å². The highest BCUT2D eigenvalue weighted by Gasteiger charge is 2.34. The highest BCUT2D eigenvalue weighted by Crippen LogP contribution is 2.34. The Morgan fingerprint density at radius 2 is 1.81 bits per heavy atom. The summed E-state index contributed by atoms with van der Waals surface area (Å²) in [7, 11) is 0. The number of hydrogen-bond donors (Lipinski definition) is 3. The van der Waals surface area contributed by atoms with E-state index in [1.54, 1.807) is 24.4 Å². The van der Waals surface area contributed by atoms with Crippen molar-refractivity contribution in [3.63, 3.8) is 0 Å². The van der Waals surface area contributed by atoms with Crippen LogP contribution in [0.1, 0.15) is 61.0 Å². The molecule has 1 aliphatic rings. The molecule has 1 saturated carbocycles. The number of rotatable bonds is 6. The molecule has 170 valence electrons. The first kappa shape index (κ1) is 23.4. The summed E-state index contributed by atoms with van der Waals surface area (Å²) in [5.41, 5.74) is -0.460. The Bertz CT molecular complexity index is 992. The highest BCUT2D eigenvalue weighted by molar-refractivity contribution is 5.95. The Labute approximate surface area is 185 Å². The molecule has 3 N–H and O–H groups in total. The van der Waals surface area contributed by atoms with Gasteiger partial charge in [0.1, 0.15) is 5.82 Å². The van der Waals surface area contributed by atoms with Gasteiger partial charge in [0.05, 0.1) is 17.2 Å². The van der Waals surface area contributed by atoms with Crippen molar-refractivity contribution in [1.29, 1.82) is 5.26 Å². The fourth-order valence-corrected chi connectivity index (χ4v) is 3.80. The molecular formula is C23H26F3N5O. The minimum atomic E-state index is -4.58. The van der Waals surface area contributed by atoms with E-state index < -0.39 is 17.3 Å². The van der Waals surface area contributed by atoms with Crippen molar-refractivity contribution in [2.45, 2.75) is 63.8 Å². The van der Waals surface area contributed by atoms with Crippen LogP contribution >= 0.6 is 0 Å². The summed E-state index contributed by atoms with van der Waals surface area (Å²) in [6.07, 6.45) is -0.136. The van der Waals surface area contributed by atoms with Crippen LogP contribution in [0, 0.1) is 11.3 Å². The second kappa shape index (κ2) is 9.90. The van der Waals surface area contributed by atoms with Gasteiger partial charge in [-0.25, -0.2) is 4.98 Å². The fourth-order valence-electron chi connectivity index (χ4n) is 3.80. The predicted octanol–water partition coefficient (Wildman–Crippen LogP) is 4.95. The van der Waals surface area contributed by atoms with Gasteiger partial charge in [0.15, 0.2) is 0 Å². The van der Waals surface area contributed by atoms with Crippen molar-refractivity contribution < 1.29 is 18.0 Å². The number of amides is 1. The Kier molecular flexibility index (Phi) is 7.23. The SMILES string of the molecule is CC(C)Nc1cc(C(=O)NC2CCC(Nc3ccc(C#N)c(C(F)(F)F)c3)CC2)ccn1. The normalized spacial score (nSPS) is 18.7. The Morgan fingerprint density at radius 1 is 1.12 bits per heavy atom. The molecule has 0 saturated heterocycles. The van der Waals surface area contributed by atoms with Gasteiger partial charge in [-0.3, -0.25) is 4.79 Å². The third-order valence-electron chi connectivity index (χ3n) is 5.34. The number of hydrogen-bond acceptors (Lipinski definition) is 5. The van der Waals surface area contributed by atoms with Crippen molar-refractivity contribution >= 4 is 17.4 Å². The van der Waals surface area contributed by atoms with Crippen molar-refractivity contribution in [2.75, 3.05) is 10.6 Å². The summed E-state index contributed by atoms with van der Waals surface area (Å²) in [4.78, 5) is 16.8. The summed E-state index contributed by atoms with van der Waals surface area (Å²) >= 11 is 0. The second-order valence-electron chi connectivity index (χ2n) is 8.27. The van der Waals surface area contributed by atoms with E-state index >= 15 is 0 Å². The number of carbonyl (C=O) groups excluding carboxylic acids is 1. The summed E-state index contributed by atoms with van der Waals surface area (Å²) in [6, 6.07) is 8.83. The van der Waals surface area contributed by atoms with Gasteiger partial charge in [-0.2, -0.15) is 18.4 Å². The van der Waals surface area contributed by atoms with Gasteiger partial charge >= 0.3 is 6.18 Å². The van der Waals surface area contributed by atoms with E-state index in [4.69, 9.17) is 5.26 Å². The third-order valence-corrected chi connectivity index (χ3v) is 5.34. The molecule has 0 aliphatic heterocycles. The van der Waals surface area contributed by atoms with Crippen LogP contribution in [0.15, 0.2) is 36.5 Å². The number of nitrogens with one attached hydrogen (secondary N) is 3. The lowest BCUT2D eigenvalue weighted by molar-refractivity contribution is -0.137. The molecule has 1 aliphatic carbocycles. The van der Waals surface area contributed by atoms with Crippen molar-refractivity contribution in [3.05, 3.63) is 53.2 Å². The van der Waals surface area contributed by atoms with Crippen LogP contribution in [0.5, 0.6) is 0 Å². The number of aromatic nitrogens is 1. The lowest BCUT2D eigenvalue weighted by atomic mass is 9.90. The topological polar surface area (TPSA) is 89.8 Å². The monoisotopic (exact) mass is 445 g/mol. The number of alkyl halides is 3. The first-order chi connectivity index (χ1) is 15.2. The number of anilines is 2. The zero-order chi connectivity index (χ0) is 23.3. The number of benzene rings is 1. The molecule has 0 radical (unpaired) electrons. The molecule has 1 amide bonds. The van der Waals surface area contributed by atoms with Crippen molar-refractivity contribution in [3.8, 4) is 6.07 Å². The summed E-state index contributed by atoms with van der Waals surface area (Å²) < 4.78 is 39.5. The Balaban J connectivity index is 1.55. The molecule has 1 aromatic heterocycles. The molecule has 9 heteroatoms. The van der Waals surface area contributed by atoms with Crippen molar-refractivity contribution in [2.24, 2.45) is 0 Å². The van der Waals surface area contributed by atoms with Crippen LogP contribution in [0.2, 0.25) is 0 Å². The molecule has 2 aromatic rings. The van der Waals surface area contributed by atoms with E-state index in [2.05, 4.69) is 20.9 Å². The lowest BCUT2D eigenvalue weighted by Crippen LogP contribution is -2.40. The molecule has 0 unspecified atom stereocenters. The lowest BCUT2D eigenvalue weighted by Gasteiger charge is -2.30. The maximum atomic E-state index is 13.2. The number of halogens is 3. The first-order valence-electron chi connectivity index (χ1n) is 10.6. The third kappa shape index (κ3) is 6.13. The predicted molar refractivity (Wildman–Crippen MR) is 116 cm³/mol. The first-order valence-corrected chi connectivity index (χ1v) is 10.6. The molecule has 1 heterocycles. The molecule has 3 rings (SSSR count). The molecule has 0 spiro atoms. The van der Waals surface area contributed by atoms with Crippen LogP contribution in [0.25, 0.3) is 0 Å². The number of pyridine rings is 1. The molecule has 0 bridgehead atoms. The highest BCUT2D eigenvalue weighted by atomic mass is 19.4. The van der Waals surface area contributed by atoms with Crippen molar-refractivity contribution in [1.82, 2.24) is 10.3 Å². The largest absolute Gasteiger partial charge is 0.417 e. The van der Waals surface area contributed by atoms with E-state index in [1.807, 2.05) is 13.8 Å². The van der Waals surface area contributed by atoms with Crippen LogP contribution in [-0.2, 0) is 6.18 Å². The molecular weight excluding hydrogens is 419 g/mol. The van der Waals surface area contributed by atoms with E-state index in [9.17, 15) is 18.0 Å². The van der Waals surface area contributed by atoms with Gasteiger partial charge in [-0.15, -0.1) is 0 Å². The quantitative estimate of drug-likeness (QED) is 0.586.